The van der Waals surface area contributed by atoms with Gasteiger partial charge in [0.15, 0.2) is 18.2 Å². The Labute approximate surface area is 174 Å². The quantitative estimate of drug-likeness (QED) is 0.202. The van der Waals surface area contributed by atoms with Crippen molar-refractivity contribution in [3.8, 4) is 5.75 Å². The first-order chi connectivity index (χ1) is 14.6. The summed E-state index contributed by atoms with van der Waals surface area (Å²) in [5.41, 5.74) is 11.8. The van der Waals surface area contributed by atoms with Crippen molar-refractivity contribution in [2.45, 2.75) is 20.0 Å². The standard InChI is InChI=1S/C23H22N4O3/c1-3-27(4-2)19-11-8-17-13-20(23(15-28)30-22(17)14-19)21(29)12-7-16-5-9-18(10-6-16)25-26-24/h5-15,23H,3-4H2,1-2H3/b12-7+. The molecule has 7 heteroatoms. The molecular weight excluding hydrogens is 380 g/mol. The van der Waals surface area contributed by atoms with Crippen molar-refractivity contribution in [1.29, 1.82) is 0 Å². The molecule has 0 fully saturated rings. The first kappa shape index (κ1) is 20.9. The highest BCUT2D eigenvalue weighted by Gasteiger charge is 2.26. The first-order valence-electron chi connectivity index (χ1n) is 9.69. The number of nitrogens with zero attached hydrogens (tertiary/aromatic N) is 4. The van der Waals surface area contributed by atoms with Crippen LogP contribution in [0.4, 0.5) is 11.4 Å². The summed E-state index contributed by atoms with van der Waals surface area (Å²) >= 11 is 0. The average Bonchev–Trinajstić information content (AvgIpc) is 2.78. The first-order valence-corrected chi connectivity index (χ1v) is 9.69. The van der Waals surface area contributed by atoms with Gasteiger partial charge < -0.3 is 9.64 Å². The third-order valence-electron chi connectivity index (χ3n) is 4.89. The maximum Gasteiger partial charge on any atom is 0.186 e. The summed E-state index contributed by atoms with van der Waals surface area (Å²) in [7, 11) is 0. The van der Waals surface area contributed by atoms with Crippen LogP contribution >= 0.6 is 0 Å². The summed E-state index contributed by atoms with van der Waals surface area (Å²) in [6.45, 7) is 5.87. The number of fused-ring (bicyclic) bond motifs is 1. The summed E-state index contributed by atoms with van der Waals surface area (Å²) in [5, 5.41) is 3.51. The number of ether oxygens (including phenoxy) is 1. The molecule has 2 aromatic carbocycles. The van der Waals surface area contributed by atoms with Gasteiger partial charge in [-0.25, -0.2) is 0 Å². The van der Waals surface area contributed by atoms with E-state index in [1.165, 1.54) is 6.08 Å². The lowest BCUT2D eigenvalue weighted by Gasteiger charge is -2.26. The second-order valence-corrected chi connectivity index (χ2v) is 6.65. The van der Waals surface area contributed by atoms with Crippen molar-refractivity contribution in [3.05, 3.63) is 75.7 Å². The Bertz CT molecular complexity index is 1050. The number of allylic oxidation sites excluding steroid dienone is 1. The molecule has 0 saturated heterocycles. The van der Waals surface area contributed by atoms with Gasteiger partial charge in [-0.3, -0.25) is 9.59 Å². The smallest absolute Gasteiger partial charge is 0.186 e. The molecular formula is C23H22N4O3. The van der Waals surface area contributed by atoms with E-state index in [9.17, 15) is 9.59 Å². The Morgan fingerprint density at radius 2 is 1.93 bits per heavy atom. The number of azide groups is 1. The highest BCUT2D eigenvalue weighted by Crippen LogP contribution is 2.33. The van der Waals surface area contributed by atoms with Gasteiger partial charge in [0.2, 0.25) is 0 Å². The molecule has 0 spiro atoms. The number of hydrogen-bond acceptors (Lipinski definition) is 5. The minimum absolute atomic E-state index is 0.287. The van der Waals surface area contributed by atoms with Gasteiger partial charge in [0.05, 0.1) is 0 Å². The fraction of sp³-hybridized carbons (Fsp3) is 0.217. The van der Waals surface area contributed by atoms with Crippen LogP contribution in [0.25, 0.3) is 22.6 Å². The highest BCUT2D eigenvalue weighted by atomic mass is 16.5. The topological polar surface area (TPSA) is 95.4 Å². The average molecular weight is 402 g/mol. The zero-order valence-corrected chi connectivity index (χ0v) is 16.9. The molecule has 0 N–H and O–H groups in total. The number of rotatable bonds is 8. The van der Waals surface area contributed by atoms with Crippen LogP contribution in [0.1, 0.15) is 25.0 Å². The van der Waals surface area contributed by atoms with Gasteiger partial charge in [0.25, 0.3) is 0 Å². The van der Waals surface area contributed by atoms with Crippen LogP contribution in [0, 0.1) is 0 Å². The number of benzene rings is 2. The van der Waals surface area contributed by atoms with Gasteiger partial charge in [0, 0.05) is 46.6 Å². The summed E-state index contributed by atoms with van der Waals surface area (Å²) in [6.07, 6.45) is 4.45. The predicted molar refractivity (Wildman–Crippen MR) is 118 cm³/mol. The third-order valence-corrected chi connectivity index (χ3v) is 4.89. The maximum absolute atomic E-state index is 12.7. The number of carbonyl (C=O) groups excluding carboxylic acids is 2. The van der Waals surface area contributed by atoms with Crippen molar-refractivity contribution in [1.82, 2.24) is 0 Å². The van der Waals surface area contributed by atoms with E-state index in [-0.39, 0.29) is 11.4 Å². The Kier molecular flexibility index (Phi) is 6.67. The number of hydrogen-bond donors (Lipinski definition) is 0. The van der Waals surface area contributed by atoms with Crippen molar-refractivity contribution < 1.29 is 14.3 Å². The zero-order chi connectivity index (χ0) is 21.5. The third kappa shape index (κ3) is 4.59. The molecule has 1 unspecified atom stereocenters. The highest BCUT2D eigenvalue weighted by molar-refractivity contribution is 6.12. The zero-order valence-electron chi connectivity index (χ0n) is 16.9. The Hall–Kier alpha value is -3.83. The minimum Gasteiger partial charge on any atom is -0.477 e. The molecule has 152 valence electrons. The lowest BCUT2D eigenvalue weighted by atomic mass is 9.97. The molecule has 7 nitrogen and oxygen atoms in total. The summed E-state index contributed by atoms with van der Waals surface area (Å²) in [4.78, 5) is 29.2. The minimum atomic E-state index is -0.950. The van der Waals surface area contributed by atoms with Crippen molar-refractivity contribution in [2.75, 3.05) is 18.0 Å². The maximum atomic E-state index is 12.7. The molecule has 0 aromatic heterocycles. The second-order valence-electron chi connectivity index (χ2n) is 6.65. The van der Waals surface area contributed by atoms with E-state index < -0.39 is 6.10 Å². The molecule has 0 bridgehead atoms. The van der Waals surface area contributed by atoms with E-state index in [1.54, 1.807) is 36.4 Å². The molecule has 1 atom stereocenters. The SMILES string of the molecule is CCN(CC)c1ccc2c(c1)OC(C=O)C(C(=O)/C=C/c1ccc(N=[N+]=[N-])cc1)=C2. The summed E-state index contributed by atoms with van der Waals surface area (Å²) in [5.74, 6) is 0.287. The van der Waals surface area contributed by atoms with Crippen LogP contribution in [0.5, 0.6) is 5.75 Å². The molecule has 1 heterocycles. The van der Waals surface area contributed by atoms with Gasteiger partial charge >= 0.3 is 0 Å². The van der Waals surface area contributed by atoms with E-state index in [2.05, 4.69) is 28.8 Å². The van der Waals surface area contributed by atoms with Crippen LogP contribution in [0.15, 0.2) is 59.2 Å². The molecule has 1 aliphatic heterocycles. The van der Waals surface area contributed by atoms with Gasteiger partial charge in [-0.1, -0.05) is 35.5 Å². The second kappa shape index (κ2) is 9.58. The monoisotopic (exact) mass is 402 g/mol. The summed E-state index contributed by atoms with van der Waals surface area (Å²) < 4.78 is 5.83. The molecule has 0 aliphatic carbocycles. The van der Waals surface area contributed by atoms with E-state index in [0.29, 0.717) is 17.7 Å². The Morgan fingerprint density at radius 3 is 2.57 bits per heavy atom. The molecule has 0 radical (unpaired) electrons. The molecule has 30 heavy (non-hydrogen) atoms. The van der Waals surface area contributed by atoms with Gasteiger partial charge in [-0.15, -0.1) is 0 Å². The number of aldehydes is 1. The number of ketones is 1. The van der Waals surface area contributed by atoms with E-state index in [4.69, 9.17) is 10.3 Å². The number of carbonyl (C=O) groups is 2. The van der Waals surface area contributed by atoms with Crippen LogP contribution in [0.3, 0.4) is 0 Å². The van der Waals surface area contributed by atoms with E-state index >= 15 is 0 Å². The van der Waals surface area contributed by atoms with Gasteiger partial charge in [0.1, 0.15) is 5.75 Å². The normalized spacial score (nSPS) is 14.9. The van der Waals surface area contributed by atoms with Crippen LogP contribution in [-0.4, -0.2) is 31.3 Å². The van der Waals surface area contributed by atoms with E-state index in [0.717, 1.165) is 29.9 Å². The fourth-order valence-corrected chi connectivity index (χ4v) is 3.26. The predicted octanol–water partition coefficient (Wildman–Crippen LogP) is 5.10. The Morgan fingerprint density at radius 1 is 1.20 bits per heavy atom. The molecule has 3 rings (SSSR count). The van der Waals surface area contributed by atoms with Crippen LogP contribution in [0.2, 0.25) is 0 Å². The summed E-state index contributed by atoms with van der Waals surface area (Å²) in [6, 6.07) is 12.6. The van der Waals surface area contributed by atoms with Crippen molar-refractivity contribution in [3.63, 3.8) is 0 Å². The van der Waals surface area contributed by atoms with Crippen LogP contribution < -0.4 is 9.64 Å². The lowest BCUT2D eigenvalue weighted by Crippen LogP contribution is -2.28. The van der Waals surface area contributed by atoms with E-state index in [1.807, 2.05) is 18.2 Å². The molecule has 2 aromatic rings. The molecule has 1 aliphatic rings. The fourth-order valence-electron chi connectivity index (χ4n) is 3.26. The number of anilines is 1. The molecule has 0 amide bonds. The van der Waals surface area contributed by atoms with Crippen molar-refractivity contribution in [2.24, 2.45) is 5.11 Å². The largest absolute Gasteiger partial charge is 0.477 e. The van der Waals surface area contributed by atoms with Gasteiger partial charge in [-0.2, -0.15) is 0 Å². The van der Waals surface area contributed by atoms with Gasteiger partial charge in [-0.05, 0) is 49.2 Å². The Balaban J connectivity index is 1.84. The lowest BCUT2D eigenvalue weighted by molar-refractivity contribution is -0.117. The van der Waals surface area contributed by atoms with Crippen molar-refractivity contribution >= 4 is 35.6 Å². The van der Waals surface area contributed by atoms with Crippen LogP contribution in [-0.2, 0) is 9.59 Å². The molecule has 0 saturated carbocycles.